The molecule has 5 heteroatoms. The van der Waals surface area contributed by atoms with Crippen LogP contribution in [0.1, 0.15) is 52.7 Å². The third-order valence-corrected chi connectivity index (χ3v) is 8.02. The second-order valence-corrected chi connectivity index (χ2v) is 10.6. The van der Waals surface area contributed by atoms with Gasteiger partial charge in [0.15, 0.2) is 24.5 Å². The number of para-hydroxylation sites is 2. The van der Waals surface area contributed by atoms with E-state index in [1.54, 1.807) is 0 Å². The molecule has 0 unspecified atom stereocenters. The van der Waals surface area contributed by atoms with Gasteiger partial charge in [0.1, 0.15) is 13.2 Å². The second kappa shape index (κ2) is 10.7. The molecule has 0 aliphatic carbocycles. The fraction of sp³-hybridized carbons (Fsp3) is 0.533. The summed E-state index contributed by atoms with van der Waals surface area (Å²) in [5, 5.41) is 0. The normalized spacial score (nSPS) is 17.8. The van der Waals surface area contributed by atoms with Gasteiger partial charge in [-0.1, -0.05) is 36.4 Å². The summed E-state index contributed by atoms with van der Waals surface area (Å²) >= 11 is 0. The highest BCUT2D eigenvalue weighted by Crippen LogP contribution is 2.39. The van der Waals surface area contributed by atoms with E-state index in [4.69, 9.17) is 14.2 Å². The van der Waals surface area contributed by atoms with Gasteiger partial charge in [0.05, 0.1) is 37.3 Å². The first-order valence-corrected chi connectivity index (χ1v) is 12.9. The van der Waals surface area contributed by atoms with Gasteiger partial charge in [0, 0.05) is 37.1 Å². The van der Waals surface area contributed by atoms with Gasteiger partial charge in [-0.2, -0.15) is 9.15 Å². The van der Waals surface area contributed by atoms with Crippen molar-refractivity contribution in [2.24, 2.45) is 0 Å². The number of hydrogen-bond donors (Lipinski definition) is 0. The Morgan fingerprint density at radius 1 is 0.543 bits per heavy atom. The highest BCUT2D eigenvalue weighted by Gasteiger charge is 2.43. The molecule has 0 aromatic heterocycles. The number of hydrogen-bond acceptors (Lipinski definition) is 3. The molecule has 0 amide bonds. The van der Waals surface area contributed by atoms with Crippen LogP contribution >= 0.6 is 0 Å². The van der Waals surface area contributed by atoms with E-state index < -0.39 is 0 Å². The third-order valence-electron chi connectivity index (χ3n) is 8.02. The molecule has 2 aliphatic heterocycles. The zero-order valence-electron chi connectivity index (χ0n) is 22.4. The van der Waals surface area contributed by atoms with Gasteiger partial charge in [0.25, 0.3) is 0 Å². The fourth-order valence-electron chi connectivity index (χ4n) is 5.33. The molecule has 35 heavy (non-hydrogen) atoms. The van der Waals surface area contributed by atoms with Crippen molar-refractivity contribution >= 4 is 22.8 Å². The second-order valence-electron chi connectivity index (χ2n) is 10.6. The van der Waals surface area contributed by atoms with E-state index in [0.717, 1.165) is 13.1 Å². The van der Waals surface area contributed by atoms with Crippen LogP contribution < -0.4 is 0 Å². The first-order valence-electron chi connectivity index (χ1n) is 12.9. The van der Waals surface area contributed by atoms with Crippen molar-refractivity contribution in [3.63, 3.8) is 0 Å². The van der Waals surface area contributed by atoms with Crippen LogP contribution in [0, 0.1) is 0 Å². The van der Waals surface area contributed by atoms with Crippen LogP contribution in [0.2, 0.25) is 0 Å². The van der Waals surface area contributed by atoms with E-state index >= 15 is 0 Å². The van der Waals surface area contributed by atoms with Crippen molar-refractivity contribution in [3.8, 4) is 0 Å². The lowest BCUT2D eigenvalue weighted by molar-refractivity contribution is -0.443. The Labute approximate surface area is 211 Å². The number of ether oxygens (including phenoxy) is 3. The Bertz CT molecular complexity index is 1030. The predicted octanol–water partition coefficient (Wildman–Crippen LogP) is 5.23. The van der Waals surface area contributed by atoms with Gasteiger partial charge in [-0.05, 0) is 27.7 Å². The lowest BCUT2D eigenvalue weighted by Gasteiger charge is -2.14. The average molecular weight is 479 g/mol. The van der Waals surface area contributed by atoms with Crippen molar-refractivity contribution < 1.29 is 23.4 Å². The molecule has 0 bridgehead atoms. The average Bonchev–Trinajstić information content (AvgIpc) is 3.16. The lowest BCUT2D eigenvalue weighted by atomic mass is 9.82. The highest BCUT2D eigenvalue weighted by molar-refractivity contribution is 5.93. The first kappa shape index (κ1) is 25.7. The summed E-state index contributed by atoms with van der Waals surface area (Å²) in [6, 6.07) is 17.4. The molecular formula is C30H42N2O3+2. The molecule has 0 N–H and O–H groups in total. The smallest absolute Gasteiger partial charge is 0.209 e. The standard InChI is InChI=1S/C30H42N2O3/c1-23-29(3,4)25-11-7-9-13-27(25)31(23)15-17-33-19-21-35-22-20-34-18-16-32-24(2)30(5,6)26-12-8-10-14-28(26)32/h7-14H,15-22H2,1-6H3/q+2. The Morgan fingerprint density at radius 2 is 0.886 bits per heavy atom. The molecule has 0 atom stereocenters. The molecular weight excluding hydrogens is 436 g/mol. The van der Waals surface area contributed by atoms with Crippen molar-refractivity contribution in [1.29, 1.82) is 0 Å². The Morgan fingerprint density at radius 3 is 1.29 bits per heavy atom. The molecule has 4 rings (SSSR count). The van der Waals surface area contributed by atoms with Crippen LogP contribution in [-0.4, -0.2) is 73.3 Å². The van der Waals surface area contributed by atoms with Crippen LogP contribution in [-0.2, 0) is 25.0 Å². The van der Waals surface area contributed by atoms with Crippen LogP contribution in [0.4, 0.5) is 11.4 Å². The van der Waals surface area contributed by atoms with Crippen molar-refractivity contribution in [2.75, 3.05) is 52.7 Å². The summed E-state index contributed by atoms with van der Waals surface area (Å²) in [5.41, 5.74) is 8.31. The monoisotopic (exact) mass is 478 g/mol. The molecule has 2 heterocycles. The number of benzene rings is 2. The number of rotatable bonds is 12. The third kappa shape index (κ3) is 5.13. The summed E-state index contributed by atoms with van der Waals surface area (Å²) < 4.78 is 22.2. The maximum atomic E-state index is 5.86. The van der Waals surface area contributed by atoms with Crippen LogP contribution in [0.15, 0.2) is 48.5 Å². The maximum absolute atomic E-state index is 5.86. The van der Waals surface area contributed by atoms with Crippen LogP contribution in [0.5, 0.6) is 0 Å². The summed E-state index contributed by atoms with van der Waals surface area (Å²) in [6.45, 7) is 19.1. The number of nitrogens with zero attached hydrogens (tertiary/aromatic N) is 2. The molecule has 5 nitrogen and oxygen atoms in total. The van der Waals surface area contributed by atoms with Gasteiger partial charge < -0.3 is 14.2 Å². The van der Waals surface area contributed by atoms with Crippen molar-refractivity contribution in [1.82, 2.24) is 0 Å². The maximum Gasteiger partial charge on any atom is 0.209 e. The van der Waals surface area contributed by atoms with E-state index in [1.165, 1.54) is 33.9 Å². The molecule has 2 aromatic rings. The van der Waals surface area contributed by atoms with E-state index in [-0.39, 0.29) is 10.8 Å². The summed E-state index contributed by atoms with van der Waals surface area (Å²) in [7, 11) is 0. The Balaban J connectivity index is 1.09. The largest absolute Gasteiger partial charge is 0.377 e. The quantitative estimate of drug-likeness (QED) is 0.309. The van der Waals surface area contributed by atoms with Crippen molar-refractivity contribution in [2.45, 2.75) is 52.4 Å². The van der Waals surface area contributed by atoms with E-state index in [2.05, 4.69) is 99.2 Å². The molecule has 2 aromatic carbocycles. The molecule has 0 saturated carbocycles. The molecule has 0 radical (unpaired) electrons. The van der Waals surface area contributed by atoms with E-state index in [1.807, 2.05) is 0 Å². The molecule has 0 spiro atoms. The number of fused-ring (bicyclic) bond motifs is 2. The zero-order valence-corrected chi connectivity index (χ0v) is 22.4. The van der Waals surface area contributed by atoms with Gasteiger partial charge in [-0.25, -0.2) is 0 Å². The minimum atomic E-state index is 0.0742. The predicted molar refractivity (Wildman–Crippen MR) is 142 cm³/mol. The molecule has 0 saturated heterocycles. The molecule has 0 fully saturated rings. The Hall–Kier alpha value is -2.34. The fourth-order valence-corrected chi connectivity index (χ4v) is 5.33. The Kier molecular flexibility index (Phi) is 7.89. The van der Waals surface area contributed by atoms with Gasteiger partial charge in [0.2, 0.25) is 11.4 Å². The minimum absolute atomic E-state index is 0.0742. The van der Waals surface area contributed by atoms with Crippen LogP contribution in [0.25, 0.3) is 0 Å². The SMILES string of the molecule is CC1=[N+](CCOCCOCCOCC[N+]2=C(C)C(C)(C)c3ccccc32)c2ccccc2C1(C)C. The van der Waals surface area contributed by atoms with Crippen LogP contribution in [0.3, 0.4) is 0 Å². The van der Waals surface area contributed by atoms with E-state index in [0.29, 0.717) is 39.6 Å². The van der Waals surface area contributed by atoms with E-state index in [9.17, 15) is 0 Å². The topological polar surface area (TPSA) is 33.7 Å². The summed E-state index contributed by atoms with van der Waals surface area (Å²) in [4.78, 5) is 0. The van der Waals surface area contributed by atoms with Crippen molar-refractivity contribution in [3.05, 3.63) is 59.7 Å². The molecule has 188 valence electrons. The lowest BCUT2D eigenvalue weighted by Crippen LogP contribution is -2.27. The van der Waals surface area contributed by atoms with Gasteiger partial charge in [-0.15, -0.1) is 0 Å². The van der Waals surface area contributed by atoms with Gasteiger partial charge >= 0.3 is 0 Å². The first-order chi connectivity index (χ1) is 16.8. The highest BCUT2D eigenvalue weighted by atomic mass is 16.5. The summed E-state index contributed by atoms with van der Waals surface area (Å²) in [6.07, 6.45) is 0. The zero-order chi connectivity index (χ0) is 25.1. The minimum Gasteiger partial charge on any atom is -0.377 e. The summed E-state index contributed by atoms with van der Waals surface area (Å²) in [5.74, 6) is 0. The molecule has 2 aliphatic rings. The van der Waals surface area contributed by atoms with Gasteiger partial charge in [-0.3, -0.25) is 0 Å².